The Kier molecular flexibility index (Phi) is 6.55. The van der Waals surface area contributed by atoms with E-state index in [1.807, 2.05) is 6.07 Å². The molecule has 0 radical (unpaired) electrons. The number of rotatable bonds is 7. The molecule has 0 heterocycles. The minimum atomic E-state index is -4.75. The molecule has 0 aromatic heterocycles. The molecule has 2 aromatic carbocycles. The van der Waals surface area contributed by atoms with E-state index < -0.39 is 6.36 Å². The van der Waals surface area contributed by atoms with Gasteiger partial charge >= 0.3 is 6.36 Å². The number of benzene rings is 2. The summed E-state index contributed by atoms with van der Waals surface area (Å²) in [5.74, 6) is 0.743. The molecule has 3 aliphatic carbocycles. The number of nitrogens with zero attached hydrogens (tertiary/aromatic N) is 1. The summed E-state index contributed by atoms with van der Waals surface area (Å²) in [7, 11) is 1.51. The van der Waals surface area contributed by atoms with Gasteiger partial charge in [-0.1, -0.05) is 30.3 Å². The number of ether oxygens (including phenoxy) is 2. The van der Waals surface area contributed by atoms with Gasteiger partial charge in [0.25, 0.3) is 0 Å². The number of phenolic OH excluding ortho intramolecular Hbond substituents is 1. The summed E-state index contributed by atoms with van der Waals surface area (Å²) in [6, 6.07) is 8.80. The number of methoxy groups -OCH3 is 1. The van der Waals surface area contributed by atoms with Crippen LogP contribution in [0.3, 0.4) is 0 Å². The lowest BCUT2D eigenvalue weighted by atomic mass is 9.56. The summed E-state index contributed by atoms with van der Waals surface area (Å²) in [5, 5.41) is 13.9. The van der Waals surface area contributed by atoms with Crippen LogP contribution in [0.5, 0.6) is 17.2 Å². The van der Waals surface area contributed by atoms with Gasteiger partial charge in [0.15, 0.2) is 11.5 Å². The van der Waals surface area contributed by atoms with E-state index in [9.17, 15) is 23.2 Å². The van der Waals surface area contributed by atoms with Crippen molar-refractivity contribution in [2.24, 2.45) is 22.4 Å². The minimum Gasteiger partial charge on any atom is -0.504 e. The van der Waals surface area contributed by atoms with Crippen LogP contribution in [0.15, 0.2) is 47.7 Å². The number of hydrogen-bond acceptors (Lipinski definition) is 7. The van der Waals surface area contributed by atoms with Gasteiger partial charge in [-0.25, -0.2) is 0 Å². The summed E-state index contributed by atoms with van der Waals surface area (Å²) in [5.41, 5.74) is 6.04. The van der Waals surface area contributed by atoms with Gasteiger partial charge in [0.05, 0.1) is 25.5 Å². The third-order valence-electron chi connectivity index (χ3n) is 8.39. The van der Waals surface area contributed by atoms with Crippen molar-refractivity contribution >= 4 is 5.70 Å². The molecule has 0 saturated heterocycles. The molecule has 2 saturated carbocycles. The molecule has 0 amide bonds. The van der Waals surface area contributed by atoms with Gasteiger partial charge < -0.3 is 14.6 Å². The maximum atomic E-state index is 12.4. The molecule has 10 heteroatoms. The summed E-state index contributed by atoms with van der Waals surface area (Å²) < 4.78 is 46.5. The largest absolute Gasteiger partial charge is 0.573 e. The van der Waals surface area contributed by atoms with E-state index in [0.717, 1.165) is 36.8 Å². The summed E-state index contributed by atoms with van der Waals surface area (Å²) in [6.07, 6.45) is 0.869. The SMILES string of the molecule is COc1cc2c(cc1O)C(NOCc1ccc(OC(F)(F)F)cc1)=C[C@@H]1[C@@H]2CC[C@]2(C)C(N=O)CC[C@@H]12. The van der Waals surface area contributed by atoms with Crippen LogP contribution in [0, 0.1) is 22.2 Å². The number of hydrogen-bond donors (Lipinski definition) is 2. The number of fused-ring (bicyclic) bond motifs is 5. The van der Waals surface area contributed by atoms with E-state index in [1.54, 1.807) is 6.07 Å². The van der Waals surface area contributed by atoms with Gasteiger partial charge in [0.2, 0.25) is 0 Å². The Morgan fingerprint density at radius 1 is 1.16 bits per heavy atom. The molecular weight excluding hydrogens is 489 g/mol. The van der Waals surface area contributed by atoms with Gasteiger partial charge in [0.1, 0.15) is 5.75 Å². The lowest BCUT2D eigenvalue weighted by Crippen LogP contribution is -2.42. The van der Waals surface area contributed by atoms with Gasteiger partial charge in [-0.3, -0.25) is 10.3 Å². The first-order chi connectivity index (χ1) is 17.6. The molecule has 2 N–H and O–H groups in total. The van der Waals surface area contributed by atoms with Crippen LogP contribution in [0.25, 0.3) is 5.70 Å². The van der Waals surface area contributed by atoms with Crippen LogP contribution in [-0.4, -0.2) is 24.6 Å². The number of hydroxylamine groups is 1. The second-order valence-electron chi connectivity index (χ2n) is 10.3. The number of aromatic hydroxyl groups is 1. The summed E-state index contributed by atoms with van der Waals surface area (Å²) >= 11 is 0. The zero-order chi connectivity index (χ0) is 26.4. The van der Waals surface area contributed by atoms with E-state index in [2.05, 4.69) is 28.4 Å². The first kappa shape index (κ1) is 25.4. The average Bonchev–Trinajstić information content (AvgIpc) is 3.20. The highest BCUT2D eigenvalue weighted by Gasteiger charge is 2.55. The Hall–Kier alpha value is -3.27. The van der Waals surface area contributed by atoms with Gasteiger partial charge in [-0.15, -0.1) is 13.2 Å². The number of nitrogens with one attached hydrogen (secondary N) is 1. The number of alkyl halides is 3. The number of nitroso groups, excluding NO2 is 1. The van der Waals surface area contributed by atoms with Gasteiger partial charge in [-0.05, 0) is 84.2 Å². The average molecular weight is 519 g/mol. The van der Waals surface area contributed by atoms with Crippen molar-refractivity contribution in [1.29, 1.82) is 0 Å². The molecule has 198 valence electrons. The number of phenols is 1. The van der Waals surface area contributed by atoms with Crippen molar-refractivity contribution in [1.82, 2.24) is 5.48 Å². The van der Waals surface area contributed by atoms with Crippen LogP contribution in [0.2, 0.25) is 0 Å². The van der Waals surface area contributed by atoms with Crippen LogP contribution >= 0.6 is 0 Å². The van der Waals surface area contributed by atoms with Crippen molar-refractivity contribution < 1.29 is 32.6 Å². The standard InChI is InChI=1S/C27H29F3N2O5/c1-26-10-9-17-18-13-24(35-2)23(33)12-20(18)22(11-19(17)21(26)7-8-25(26)31-34)32-36-14-15-3-5-16(6-4-15)37-27(28,29)30/h3-6,11-13,17,19,21,25,32-33H,7-10,14H2,1-2H3/t17-,19-,21+,25?,26+/m1/s1. The van der Waals surface area contributed by atoms with Gasteiger partial charge in [0, 0.05) is 5.56 Å². The molecule has 2 aromatic rings. The fraction of sp³-hybridized carbons (Fsp3) is 0.481. The Morgan fingerprint density at radius 2 is 1.92 bits per heavy atom. The molecule has 0 bridgehead atoms. The normalized spacial score (nSPS) is 28.4. The Bertz CT molecular complexity index is 1200. The zero-order valence-electron chi connectivity index (χ0n) is 20.5. The van der Waals surface area contributed by atoms with E-state index in [0.29, 0.717) is 17.0 Å². The second-order valence-corrected chi connectivity index (χ2v) is 10.3. The minimum absolute atomic E-state index is 0.0133. The molecule has 0 aliphatic heterocycles. The molecule has 7 nitrogen and oxygen atoms in total. The maximum absolute atomic E-state index is 12.4. The molecule has 2 fully saturated rings. The Labute approximate surface area is 212 Å². The Morgan fingerprint density at radius 3 is 2.59 bits per heavy atom. The predicted octanol–water partition coefficient (Wildman–Crippen LogP) is 6.42. The summed E-state index contributed by atoms with van der Waals surface area (Å²) in [4.78, 5) is 17.3. The smallest absolute Gasteiger partial charge is 0.504 e. The summed E-state index contributed by atoms with van der Waals surface area (Å²) in [6.45, 7) is 2.26. The number of halogens is 3. The topological polar surface area (TPSA) is 89.4 Å². The lowest BCUT2D eigenvalue weighted by molar-refractivity contribution is -0.274. The van der Waals surface area contributed by atoms with E-state index in [1.165, 1.54) is 31.4 Å². The van der Waals surface area contributed by atoms with Gasteiger partial charge in [-0.2, -0.15) is 4.91 Å². The van der Waals surface area contributed by atoms with E-state index >= 15 is 0 Å². The van der Waals surface area contributed by atoms with Crippen molar-refractivity contribution in [3.05, 3.63) is 64.1 Å². The van der Waals surface area contributed by atoms with Crippen molar-refractivity contribution in [2.75, 3.05) is 7.11 Å². The maximum Gasteiger partial charge on any atom is 0.573 e. The molecule has 5 rings (SSSR count). The molecule has 3 aliphatic rings. The predicted molar refractivity (Wildman–Crippen MR) is 130 cm³/mol. The number of allylic oxidation sites excluding steroid dienone is 1. The quantitative estimate of drug-likeness (QED) is 0.325. The third-order valence-corrected chi connectivity index (χ3v) is 8.39. The fourth-order valence-electron chi connectivity index (χ4n) is 6.58. The van der Waals surface area contributed by atoms with E-state index in [-0.39, 0.29) is 47.3 Å². The van der Waals surface area contributed by atoms with Crippen molar-refractivity contribution in [3.63, 3.8) is 0 Å². The van der Waals surface area contributed by atoms with Crippen molar-refractivity contribution in [3.8, 4) is 17.2 Å². The fourth-order valence-corrected chi connectivity index (χ4v) is 6.58. The lowest BCUT2D eigenvalue weighted by Gasteiger charge is -2.48. The highest BCUT2D eigenvalue weighted by Crippen LogP contribution is 2.61. The van der Waals surface area contributed by atoms with E-state index in [4.69, 9.17) is 9.57 Å². The van der Waals surface area contributed by atoms with Crippen LogP contribution < -0.4 is 15.0 Å². The molecular formula is C27H29F3N2O5. The third kappa shape index (κ3) is 4.74. The van der Waals surface area contributed by atoms with Crippen LogP contribution in [-0.2, 0) is 11.4 Å². The Balaban J connectivity index is 1.39. The van der Waals surface area contributed by atoms with Crippen LogP contribution in [0.4, 0.5) is 13.2 Å². The first-order valence-electron chi connectivity index (χ1n) is 12.3. The molecule has 0 spiro atoms. The monoisotopic (exact) mass is 518 g/mol. The second kappa shape index (κ2) is 9.55. The highest BCUT2D eigenvalue weighted by molar-refractivity contribution is 5.72. The van der Waals surface area contributed by atoms with Crippen LogP contribution in [0.1, 0.15) is 55.2 Å². The highest BCUT2D eigenvalue weighted by atomic mass is 19.4. The molecule has 5 atom stereocenters. The van der Waals surface area contributed by atoms with Crippen molar-refractivity contribution in [2.45, 2.75) is 57.5 Å². The molecule has 37 heavy (non-hydrogen) atoms. The zero-order valence-corrected chi connectivity index (χ0v) is 20.5. The molecule has 1 unspecified atom stereocenters. The first-order valence-corrected chi connectivity index (χ1v) is 12.3.